The molecule has 0 aliphatic carbocycles. The van der Waals surface area contributed by atoms with Crippen molar-refractivity contribution in [3.8, 4) is 11.8 Å². The third-order valence-electron chi connectivity index (χ3n) is 2.84. The fourth-order valence-electron chi connectivity index (χ4n) is 1.63. The fraction of sp³-hybridized carbons (Fsp3) is 0.533. The molecule has 4 nitrogen and oxygen atoms in total. The highest BCUT2D eigenvalue weighted by molar-refractivity contribution is 9.10. The van der Waals surface area contributed by atoms with Crippen LogP contribution in [0.2, 0.25) is 25.7 Å². The second-order valence-electron chi connectivity index (χ2n) is 5.97. The smallest absolute Gasteiger partial charge is 0.189 e. The van der Waals surface area contributed by atoms with Crippen LogP contribution in [-0.2, 0) is 16.1 Å². The molecule has 1 aromatic rings. The van der Waals surface area contributed by atoms with Gasteiger partial charge in [0.25, 0.3) is 0 Å². The summed E-state index contributed by atoms with van der Waals surface area (Å²) in [7, 11) is 0.535. The van der Waals surface area contributed by atoms with Crippen LogP contribution in [0.1, 0.15) is 11.1 Å². The molecule has 0 aliphatic heterocycles. The summed E-state index contributed by atoms with van der Waals surface area (Å²) >= 11 is 3.48. The third kappa shape index (κ3) is 6.61. The van der Waals surface area contributed by atoms with Crippen molar-refractivity contribution in [2.75, 3.05) is 20.5 Å². The van der Waals surface area contributed by atoms with Crippen LogP contribution in [-0.4, -0.2) is 28.6 Å². The Bertz CT molecular complexity index is 509. The van der Waals surface area contributed by atoms with E-state index in [1.54, 1.807) is 19.2 Å². The normalized spacial score (nSPS) is 11.2. The summed E-state index contributed by atoms with van der Waals surface area (Å²) in [6.45, 7) is 8.23. The number of rotatable bonds is 8. The van der Waals surface area contributed by atoms with Crippen molar-refractivity contribution < 1.29 is 14.2 Å². The first-order valence-electron chi connectivity index (χ1n) is 6.79. The van der Waals surface area contributed by atoms with Gasteiger partial charge in [0.15, 0.2) is 6.79 Å². The number of halogens is 1. The van der Waals surface area contributed by atoms with Gasteiger partial charge in [-0.1, -0.05) is 19.6 Å². The van der Waals surface area contributed by atoms with E-state index >= 15 is 0 Å². The molecule has 0 amide bonds. The van der Waals surface area contributed by atoms with Crippen molar-refractivity contribution in [1.82, 2.24) is 0 Å². The average molecular weight is 372 g/mol. The topological polar surface area (TPSA) is 51.5 Å². The Morgan fingerprint density at radius 3 is 2.57 bits per heavy atom. The van der Waals surface area contributed by atoms with Crippen molar-refractivity contribution in [3.63, 3.8) is 0 Å². The Hall–Kier alpha value is -0.873. The summed E-state index contributed by atoms with van der Waals surface area (Å²) in [6.07, 6.45) is 0. The maximum Gasteiger partial charge on any atom is 0.189 e. The van der Waals surface area contributed by atoms with Crippen LogP contribution in [0.15, 0.2) is 16.6 Å². The van der Waals surface area contributed by atoms with E-state index in [9.17, 15) is 0 Å². The number of benzene rings is 1. The van der Waals surface area contributed by atoms with Gasteiger partial charge in [-0.2, -0.15) is 5.26 Å². The molecular formula is C15H22BrNO3Si. The van der Waals surface area contributed by atoms with Gasteiger partial charge >= 0.3 is 0 Å². The SMILES string of the molecule is COCc1cc(C#N)cc(OCOCC[Si](C)(C)C)c1Br. The minimum atomic E-state index is -1.08. The van der Waals surface area contributed by atoms with E-state index in [1.807, 2.05) is 0 Å². The number of ether oxygens (including phenoxy) is 3. The molecule has 0 bridgehead atoms. The van der Waals surface area contributed by atoms with Crippen LogP contribution in [0, 0.1) is 11.3 Å². The number of hydrogen-bond donors (Lipinski definition) is 0. The van der Waals surface area contributed by atoms with E-state index in [4.69, 9.17) is 19.5 Å². The molecule has 21 heavy (non-hydrogen) atoms. The molecule has 0 aromatic heterocycles. The van der Waals surface area contributed by atoms with Crippen LogP contribution < -0.4 is 4.74 Å². The van der Waals surface area contributed by atoms with E-state index in [1.165, 1.54) is 0 Å². The quantitative estimate of drug-likeness (QED) is 0.391. The van der Waals surface area contributed by atoms with E-state index in [2.05, 4.69) is 41.6 Å². The standard InChI is InChI=1S/C15H22BrNO3Si/c1-18-10-13-7-12(9-17)8-14(15(13)16)20-11-19-5-6-21(2,3)4/h7-8H,5-6,10-11H2,1-4H3. The molecule has 0 aliphatic rings. The van der Waals surface area contributed by atoms with Crippen molar-refractivity contribution in [3.05, 3.63) is 27.7 Å². The maximum absolute atomic E-state index is 9.06. The molecule has 0 saturated heterocycles. The molecule has 0 spiro atoms. The first-order valence-corrected chi connectivity index (χ1v) is 11.3. The number of nitrogens with zero attached hydrogens (tertiary/aromatic N) is 1. The Kier molecular flexibility index (Phi) is 7.39. The first-order chi connectivity index (χ1) is 9.87. The lowest BCUT2D eigenvalue weighted by molar-refractivity contribution is 0.0214. The van der Waals surface area contributed by atoms with E-state index in [-0.39, 0.29) is 6.79 Å². The molecular weight excluding hydrogens is 350 g/mol. The predicted molar refractivity (Wildman–Crippen MR) is 89.2 cm³/mol. The summed E-state index contributed by atoms with van der Waals surface area (Å²) in [4.78, 5) is 0. The van der Waals surface area contributed by atoms with E-state index in [0.29, 0.717) is 24.5 Å². The van der Waals surface area contributed by atoms with Crippen LogP contribution in [0.25, 0.3) is 0 Å². The average Bonchev–Trinajstić information content (AvgIpc) is 2.41. The lowest BCUT2D eigenvalue weighted by atomic mass is 10.1. The molecule has 1 rings (SSSR count). The first kappa shape index (κ1) is 18.2. The summed E-state index contributed by atoms with van der Waals surface area (Å²) in [5, 5.41) is 9.06. The van der Waals surface area contributed by atoms with Crippen LogP contribution >= 0.6 is 15.9 Å². The summed E-state index contributed by atoms with van der Waals surface area (Å²) in [5.41, 5.74) is 1.43. The summed E-state index contributed by atoms with van der Waals surface area (Å²) in [5.74, 6) is 0.606. The second-order valence-corrected chi connectivity index (χ2v) is 12.4. The minimum absolute atomic E-state index is 0.185. The molecule has 0 atom stereocenters. The van der Waals surface area contributed by atoms with Crippen molar-refractivity contribution in [2.24, 2.45) is 0 Å². The van der Waals surface area contributed by atoms with E-state index in [0.717, 1.165) is 16.1 Å². The lowest BCUT2D eigenvalue weighted by Gasteiger charge is -2.16. The molecule has 1 aromatic carbocycles. The van der Waals surface area contributed by atoms with Gasteiger partial charge in [0, 0.05) is 21.8 Å². The molecule has 0 unspecified atom stereocenters. The summed E-state index contributed by atoms with van der Waals surface area (Å²) in [6, 6.07) is 6.71. The van der Waals surface area contributed by atoms with Gasteiger partial charge in [-0.15, -0.1) is 0 Å². The zero-order valence-electron chi connectivity index (χ0n) is 13.0. The number of methoxy groups -OCH3 is 1. The van der Waals surface area contributed by atoms with Gasteiger partial charge < -0.3 is 14.2 Å². The van der Waals surface area contributed by atoms with Gasteiger partial charge in [0.2, 0.25) is 0 Å². The van der Waals surface area contributed by atoms with Gasteiger partial charge in [-0.25, -0.2) is 0 Å². The lowest BCUT2D eigenvalue weighted by Crippen LogP contribution is -2.22. The molecule has 6 heteroatoms. The van der Waals surface area contributed by atoms with Crippen molar-refractivity contribution in [2.45, 2.75) is 32.3 Å². The number of hydrogen-bond acceptors (Lipinski definition) is 4. The van der Waals surface area contributed by atoms with Crippen LogP contribution in [0.3, 0.4) is 0 Å². The molecule has 0 fully saturated rings. The van der Waals surface area contributed by atoms with Gasteiger partial charge in [-0.05, 0) is 39.7 Å². The highest BCUT2D eigenvalue weighted by atomic mass is 79.9. The monoisotopic (exact) mass is 371 g/mol. The Labute approximate surface area is 136 Å². The van der Waals surface area contributed by atoms with Gasteiger partial charge in [0.05, 0.1) is 22.7 Å². The summed E-state index contributed by atoms with van der Waals surface area (Å²) < 4.78 is 17.1. The maximum atomic E-state index is 9.06. The molecule has 0 N–H and O–H groups in total. The largest absolute Gasteiger partial charge is 0.466 e. The fourth-order valence-corrected chi connectivity index (χ4v) is 2.84. The Morgan fingerprint density at radius 1 is 1.29 bits per heavy atom. The molecule has 0 saturated carbocycles. The third-order valence-corrected chi connectivity index (χ3v) is 5.44. The molecule has 0 heterocycles. The Morgan fingerprint density at radius 2 is 2.00 bits per heavy atom. The predicted octanol–water partition coefficient (Wildman–Crippen LogP) is 4.16. The zero-order chi connectivity index (χ0) is 15.9. The van der Waals surface area contributed by atoms with Crippen LogP contribution in [0.5, 0.6) is 5.75 Å². The highest BCUT2D eigenvalue weighted by Crippen LogP contribution is 2.31. The van der Waals surface area contributed by atoms with Crippen molar-refractivity contribution in [1.29, 1.82) is 5.26 Å². The second kappa shape index (κ2) is 8.54. The zero-order valence-corrected chi connectivity index (χ0v) is 15.6. The van der Waals surface area contributed by atoms with Gasteiger partial charge in [-0.3, -0.25) is 0 Å². The number of nitriles is 1. The molecule has 0 radical (unpaired) electrons. The van der Waals surface area contributed by atoms with Crippen LogP contribution in [0.4, 0.5) is 0 Å². The highest BCUT2D eigenvalue weighted by Gasteiger charge is 2.13. The minimum Gasteiger partial charge on any atom is -0.466 e. The van der Waals surface area contributed by atoms with Crippen molar-refractivity contribution >= 4 is 24.0 Å². The Balaban J connectivity index is 2.62. The molecule has 116 valence electrons. The van der Waals surface area contributed by atoms with Gasteiger partial charge in [0.1, 0.15) is 5.75 Å². The van der Waals surface area contributed by atoms with E-state index < -0.39 is 8.07 Å².